The smallest absolute Gasteiger partial charge is 0.185 e. The topological polar surface area (TPSA) is 46.5 Å². The zero-order valence-corrected chi connectivity index (χ0v) is 12.5. The molecule has 1 N–H and O–H groups in total. The molecule has 0 unspecified atom stereocenters. The minimum Gasteiger partial charge on any atom is -0.504 e. The first-order chi connectivity index (χ1) is 10.7. The molecular formula is C19H18O3. The number of hydrogen-bond donors (Lipinski definition) is 1. The van der Waals surface area contributed by atoms with Crippen LogP contribution in [0.3, 0.4) is 0 Å². The van der Waals surface area contributed by atoms with Crippen LogP contribution in [0.1, 0.15) is 33.5 Å². The van der Waals surface area contributed by atoms with Crippen LogP contribution in [0.5, 0.6) is 11.5 Å². The summed E-state index contributed by atoms with van der Waals surface area (Å²) in [6.45, 7) is 0. The second-order valence-corrected chi connectivity index (χ2v) is 5.47. The van der Waals surface area contributed by atoms with E-state index in [1.807, 2.05) is 12.1 Å². The van der Waals surface area contributed by atoms with E-state index in [1.165, 1.54) is 30.7 Å². The van der Waals surface area contributed by atoms with Gasteiger partial charge in [0.25, 0.3) is 0 Å². The Balaban J connectivity index is 1.77. The van der Waals surface area contributed by atoms with Crippen LogP contribution in [0.2, 0.25) is 0 Å². The summed E-state index contributed by atoms with van der Waals surface area (Å²) < 4.78 is 5.00. The van der Waals surface area contributed by atoms with Gasteiger partial charge in [-0.15, -0.1) is 0 Å². The lowest BCUT2D eigenvalue weighted by molar-refractivity contribution is 0.104. The van der Waals surface area contributed by atoms with E-state index in [-0.39, 0.29) is 11.5 Å². The Morgan fingerprint density at radius 3 is 2.73 bits per heavy atom. The maximum Gasteiger partial charge on any atom is 0.185 e. The van der Waals surface area contributed by atoms with Gasteiger partial charge in [-0.3, -0.25) is 4.79 Å². The molecule has 112 valence electrons. The fourth-order valence-corrected chi connectivity index (χ4v) is 2.80. The summed E-state index contributed by atoms with van der Waals surface area (Å²) in [6.07, 6.45) is 6.60. The minimum absolute atomic E-state index is 0.0231. The number of benzene rings is 2. The second-order valence-electron chi connectivity index (χ2n) is 5.47. The standard InChI is InChI=1S/C19H18O3/c1-22-19-10-6-13(11-18(19)21)5-9-17(20)16-8-7-14-3-2-4-15(14)12-16/h5-12,21H,2-4H2,1H3. The van der Waals surface area contributed by atoms with E-state index in [0.29, 0.717) is 5.75 Å². The molecule has 3 heteroatoms. The van der Waals surface area contributed by atoms with Gasteiger partial charge in [0.05, 0.1) is 7.11 Å². The van der Waals surface area contributed by atoms with Crippen molar-refractivity contribution in [3.05, 3.63) is 64.7 Å². The van der Waals surface area contributed by atoms with Crippen molar-refractivity contribution in [3.8, 4) is 11.5 Å². The molecule has 0 bridgehead atoms. The fraction of sp³-hybridized carbons (Fsp3) is 0.211. The van der Waals surface area contributed by atoms with Crippen molar-refractivity contribution in [3.63, 3.8) is 0 Å². The number of aromatic hydroxyl groups is 1. The number of carbonyl (C=O) groups excluding carboxylic acids is 1. The van der Waals surface area contributed by atoms with Crippen molar-refractivity contribution in [2.24, 2.45) is 0 Å². The fourth-order valence-electron chi connectivity index (χ4n) is 2.80. The number of fused-ring (bicyclic) bond motifs is 1. The van der Waals surface area contributed by atoms with E-state index in [4.69, 9.17) is 4.74 Å². The first-order valence-electron chi connectivity index (χ1n) is 7.38. The van der Waals surface area contributed by atoms with Gasteiger partial charge in [-0.05, 0) is 60.2 Å². The van der Waals surface area contributed by atoms with Crippen molar-refractivity contribution in [2.45, 2.75) is 19.3 Å². The molecule has 0 amide bonds. The van der Waals surface area contributed by atoms with E-state index in [2.05, 4.69) is 6.07 Å². The summed E-state index contributed by atoms with van der Waals surface area (Å²) in [7, 11) is 1.50. The van der Waals surface area contributed by atoms with Crippen LogP contribution in [0.4, 0.5) is 0 Å². The number of hydrogen-bond acceptors (Lipinski definition) is 3. The van der Waals surface area contributed by atoms with Gasteiger partial charge >= 0.3 is 0 Å². The maximum atomic E-state index is 12.3. The van der Waals surface area contributed by atoms with Crippen LogP contribution < -0.4 is 4.74 Å². The number of phenols is 1. The third-order valence-corrected chi connectivity index (χ3v) is 4.01. The summed E-state index contributed by atoms with van der Waals surface area (Å²) in [4.78, 5) is 12.3. The molecule has 2 aromatic rings. The molecule has 3 rings (SSSR count). The monoisotopic (exact) mass is 294 g/mol. The number of rotatable bonds is 4. The number of allylic oxidation sites excluding steroid dienone is 1. The molecule has 3 nitrogen and oxygen atoms in total. The molecule has 2 aromatic carbocycles. The summed E-state index contributed by atoms with van der Waals surface area (Å²) in [5.41, 5.74) is 4.13. The quantitative estimate of drug-likeness (QED) is 0.689. The summed E-state index contributed by atoms with van der Waals surface area (Å²) in [5.74, 6) is 0.460. The molecule has 0 aliphatic heterocycles. The lowest BCUT2D eigenvalue weighted by atomic mass is 10.0. The molecule has 1 aliphatic carbocycles. The van der Waals surface area contributed by atoms with E-state index >= 15 is 0 Å². The number of ketones is 1. The molecule has 0 spiro atoms. The Labute approximate surface area is 129 Å². The third kappa shape index (κ3) is 2.89. The first-order valence-corrected chi connectivity index (χ1v) is 7.38. The Hall–Kier alpha value is -2.55. The highest BCUT2D eigenvalue weighted by molar-refractivity contribution is 6.07. The summed E-state index contributed by atoms with van der Waals surface area (Å²) in [5, 5.41) is 9.74. The SMILES string of the molecule is COc1ccc(C=CC(=O)c2ccc3c(c2)CCC3)cc1O. The van der Waals surface area contributed by atoms with Crippen LogP contribution in [0.15, 0.2) is 42.5 Å². The highest BCUT2D eigenvalue weighted by Gasteiger charge is 2.12. The van der Waals surface area contributed by atoms with Gasteiger partial charge in [-0.1, -0.05) is 24.3 Å². The van der Waals surface area contributed by atoms with Crippen molar-refractivity contribution >= 4 is 11.9 Å². The van der Waals surface area contributed by atoms with Crippen molar-refractivity contribution < 1.29 is 14.6 Å². The van der Waals surface area contributed by atoms with E-state index in [0.717, 1.165) is 24.0 Å². The van der Waals surface area contributed by atoms with Crippen LogP contribution in [-0.2, 0) is 12.8 Å². The Bertz CT molecular complexity index is 744. The number of aryl methyl sites for hydroxylation is 2. The molecule has 0 atom stereocenters. The third-order valence-electron chi connectivity index (χ3n) is 4.01. The van der Waals surface area contributed by atoms with Crippen molar-refractivity contribution in [1.82, 2.24) is 0 Å². The molecule has 0 fully saturated rings. The number of phenolic OH excluding ortho intramolecular Hbond substituents is 1. The van der Waals surface area contributed by atoms with Gasteiger partial charge in [-0.2, -0.15) is 0 Å². The predicted octanol–water partition coefficient (Wildman–Crippen LogP) is 3.79. The number of ether oxygens (including phenoxy) is 1. The molecule has 0 saturated carbocycles. The van der Waals surface area contributed by atoms with Gasteiger partial charge in [-0.25, -0.2) is 0 Å². The zero-order chi connectivity index (χ0) is 15.5. The second kappa shape index (κ2) is 6.06. The lowest BCUT2D eigenvalue weighted by Gasteiger charge is -2.04. The molecule has 22 heavy (non-hydrogen) atoms. The Kier molecular flexibility index (Phi) is 3.96. The molecule has 1 aliphatic rings. The van der Waals surface area contributed by atoms with Crippen molar-refractivity contribution in [1.29, 1.82) is 0 Å². The molecule has 0 radical (unpaired) electrons. The van der Waals surface area contributed by atoms with Crippen LogP contribution in [0, 0.1) is 0 Å². The van der Waals surface area contributed by atoms with Crippen LogP contribution >= 0.6 is 0 Å². The Morgan fingerprint density at radius 2 is 1.95 bits per heavy atom. The largest absolute Gasteiger partial charge is 0.504 e. The average molecular weight is 294 g/mol. The van der Waals surface area contributed by atoms with E-state index < -0.39 is 0 Å². The predicted molar refractivity (Wildman–Crippen MR) is 86.5 cm³/mol. The van der Waals surface area contributed by atoms with E-state index in [1.54, 1.807) is 24.3 Å². The highest BCUT2D eigenvalue weighted by Crippen LogP contribution is 2.27. The van der Waals surface area contributed by atoms with Gasteiger partial charge in [0.1, 0.15) is 0 Å². The highest BCUT2D eigenvalue weighted by atomic mass is 16.5. The minimum atomic E-state index is -0.0231. The lowest BCUT2D eigenvalue weighted by Crippen LogP contribution is -1.96. The molecular weight excluding hydrogens is 276 g/mol. The summed E-state index contributed by atoms with van der Waals surface area (Å²) in [6, 6.07) is 11.0. The Morgan fingerprint density at radius 1 is 1.14 bits per heavy atom. The summed E-state index contributed by atoms with van der Waals surface area (Å²) >= 11 is 0. The number of carbonyl (C=O) groups is 1. The maximum absolute atomic E-state index is 12.3. The van der Waals surface area contributed by atoms with Crippen molar-refractivity contribution in [2.75, 3.05) is 7.11 Å². The zero-order valence-electron chi connectivity index (χ0n) is 12.5. The van der Waals surface area contributed by atoms with E-state index in [9.17, 15) is 9.90 Å². The van der Waals surface area contributed by atoms with Gasteiger partial charge in [0.2, 0.25) is 0 Å². The first kappa shape index (κ1) is 14.4. The van der Waals surface area contributed by atoms with Gasteiger partial charge in [0, 0.05) is 5.56 Å². The molecule has 0 saturated heterocycles. The number of methoxy groups -OCH3 is 1. The molecule has 0 heterocycles. The molecule has 0 aromatic heterocycles. The van der Waals surface area contributed by atoms with Crippen LogP contribution in [-0.4, -0.2) is 18.0 Å². The average Bonchev–Trinajstić information content (AvgIpc) is 3.00. The van der Waals surface area contributed by atoms with Gasteiger partial charge < -0.3 is 9.84 Å². The normalized spacial score (nSPS) is 13.3. The van der Waals surface area contributed by atoms with Crippen LogP contribution in [0.25, 0.3) is 6.08 Å². The van der Waals surface area contributed by atoms with Gasteiger partial charge in [0.15, 0.2) is 17.3 Å².